The van der Waals surface area contributed by atoms with E-state index >= 15 is 0 Å². The van der Waals surface area contributed by atoms with E-state index in [2.05, 4.69) is 10.2 Å². The van der Waals surface area contributed by atoms with E-state index in [9.17, 15) is 17.6 Å². The highest BCUT2D eigenvalue weighted by Gasteiger charge is 2.30. The molecule has 1 N–H and O–H groups in total. The molecule has 1 aliphatic heterocycles. The lowest BCUT2D eigenvalue weighted by atomic mass is 10.1. The van der Waals surface area contributed by atoms with Crippen molar-refractivity contribution in [1.82, 2.24) is 10.2 Å². The van der Waals surface area contributed by atoms with Gasteiger partial charge in [0.05, 0.1) is 10.6 Å². The molecule has 2 aromatic carbocycles. The van der Waals surface area contributed by atoms with Crippen LogP contribution in [0.15, 0.2) is 53.4 Å². The van der Waals surface area contributed by atoms with Gasteiger partial charge in [-0.1, -0.05) is 29.8 Å². The minimum absolute atomic E-state index is 0.0109. The summed E-state index contributed by atoms with van der Waals surface area (Å²) in [5.74, 6) is -1.14. The van der Waals surface area contributed by atoms with Gasteiger partial charge in [-0.2, -0.15) is 0 Å². The van der Waals surface area contributed by atoms with Crippen LogP contribution >= 0.6 is 0 Å². The van der Waals surface area contributed by atoms with Crippen molar-refractivity contribution < 1.29 is 17.6 Å². The maximum absolute atomic E-state index is 14.5. The van der Waals surface area contributed by atoms with E-state index in [1.807, 2.05) is 14.0 Å². The third-order valence-electron chi connectivity index (χ3n) is 5.10. The van der Waals surface area contributed by atoms with E-state index in [-0.39, 0.29) is 16.6 Å². The first kappa shape index (κ1) is 21.3. The summed E-state index contributed by atoms with van der Waals surface area (Å²) in [5, 5.41) is 2.90. The van der Waals surface area contributed by atoms with Gasteiger partial charge in [-0.15, -0.1) is 0 Å². The van der Waals surface area contributed by atoms with Gasteiger partial charge in [-0.25, -0.2) is 12.8 Å². The first-order valence-electron chi connectivity index (χ1n) is 9.59. The molecule has 8 heteroatoms. The number of nitrogens with zero attached hydrogens (tertiary/aromatic N) is 2. The lowest BCUT2D eigenvalue weighted by molar-refractivity contribution is -0.120. The highest BCUT2D eigenvalue weighted by molar-refractivity contribution is 7.92. The van der Waals surface area contributed by atoms with E-state index in [1.165, 1.54) is 30.3 Å². The topological polar surface area (TPSA) is 69.7 Å². The van der Waals surface area contributed by atoms with Gasteiger partial charge in [0, 0.05) is 6.04 Å². The number of amides is 1. The van der Waals surface area contributed by atoms with Crippen LogP contribution in [0.4, 0.5) is 10.1 Å². The SMILES string of the molecule is Cc1ccc(S(=O)(=O)N(CC(=O)NC2CCN(C)CC2)c2ccccc2F)cc1. The zero-order chi connectivity index (χ0) is 21.0. The number of sulfonamides is 1. The Morgan fingerprint density at radius 2 is 1.76 bits per heavy atom. The predicted molar refractivity (Wildman–Crippen MR) is 111 cm³/mol. The van der Waals surface area contributed by atoms with Crippen molar-refractivity contribution >= 4 is 21.6 Å². The summed E-state index contributed by atoms with van der Waals surface area (Å²) >= 11 is 0. The molecule has 0 aromatic heterocycles. The number of benzene rings is 2. The summed E-state index contributed by atoms with van der Waals surface area (Å²) < 4.78 is 41.8. The molecule has 1 fully saturated rings. The van der Waals surface area contributed by atoms with E-state index < -0.39 is 28.3 Å². The summed E-state index contributed by atoms with van der Waals surface area (Å²) in [4.78, 5) is 14.9. The van der Waals surface area contributed by atoms with Crippen LogP contribution in [0.3, 0.4) is 0 Å². The highest BCUT2D eigenvalue weighted by Crippen LogP contribution is 2.26. The van der Waals surface area contributed by atoms with Gasteiger partial charge >= 0.3 is 0 Å². The summed E-state index contributed by atoms with van der Waals surface area (Å²) in [6.45, 7) is 3.09. The van der Waals surface area contributed by atoms with Crippen LogP contribution in [-0.2, 0) is 14.8 Å². The van der Waals surface area contributed by atoms with Crippen LogP contribution in [0.2, 0.25) is 0 Å². The Hall–Kier alpha value is -2.45. The van der Waals surface area contributed by atoms with Gasteiger partial charge in [-0.3, -0.25) is 9.10 Å². The molecule has 2 aromatic rings. The molecule has 0 aliphatic carbocycles. The van der Waals surface area contributed by atoms with Gasteiger partial charge < -0.3 is 10.2 Å². The second kappa shape index (κ2) is 8.92. The molecule has 3 rings (SSSR count). The summed E-state index contributed by atoms with van der Waals surface area (Å²) in [7, 11) is -2.09. The van der Waals surface area contributed by atoms with Gasteiger partial charge in [0.15, 0.2) is 0 Å². The van der Waals surface area contributed by atoms with Gasteiger partial charge in [0.25, 0.3) is 10.0 Å². The van der Waals surface area contributed by atoms with Crippen molar-refractivity contribution in [2.24, 2.45) is 0 Å². The van der Waals surface area contributed by atoms with E-state index in [0.717, 1.165) is 35.8 Å². The third kappa shape index (κ3) is 5.13. The monoisotopic (exact) mass is 419 g/mol. The fourth-order valence-corrected chi connectivity index (χ4v) is 4.78. The number of carbonyl (C=O) groups excluding carboxylic acids is 1. The average molecular weight is 420 g/mol. The van der Waals surface area contributed by atoms with Crippen molar-refractivity contribution in [3.8, 4) is 0 Å². The number of hydrogen-bond donors (Lipinski definition) is 1. The molecule has 0 atom stereocenters. The number of hydrogen-bond acceptors (Lipinski definition) is 4. The maximum atomic E-state index is 14.5. The predicted octanol–water partition coefficient (Wildman–Crippen LogP) is 2.54. The minimum atomic E-state index is -4.11. The lowest BCUT2D eigenvalue weighted by Crippen LogP contribution is -2.48. The normalized spacial score (nSPS) is 15.8. The van der Waals surface area contributed by atoms with Crippen LogP contribution in [-0.4, -0.2) is 51.9 Å². The quantitative estimate of drug-likeness (QED) is 0.781. The number of carbonyl (C=O) groups is 1. The number of halogens is 1. The lowest BCUT2D eigenvalue weighted by Gasteiger charge is -2.30. The number of piperidine rings is 1. The number of likely N-dealkylation sites (tertiary alicyclic amines) is 1. The molecule has 1 aliphatic rings. The Balaban J connectivity index is 1.87. The Bertz CT molecular complexity index is 955. The molecule has 0 spiro atoms. The number of aryl methyl sites for hydroxylation is 1. The number of anilines is 1. The van der Waals surface area contributed by atoms with E-state index in [0.29, 0.717) is 0 Å². The van der Waals surface area contributed by atoms with Crippen molar-refractivity contribution in [3.63, 3.8) is 0 Å². The number of para-hydroxylation sites is 1. The first-order chi connectivity index (χ1) is 13.8. The number of nitrogens with one attached hydrogen (secondary N) is 1. The second-order valence-electron chi connectivity index (χ2n) is 7.42. The summed E-state index contributed by atoms with van der Waals surface area (Å²) in [6.07, 6.45) is 1.60. The zero-order valence-corrected chi connectivity index (χ0v) is 17.5. The largest absolute Gasteiger partial charge is 0.352 e. The molecule has 6 nitrogen and oxygen atoms in total. The molecule has 0 radical (unpaired) electrons. The van der Waals surface area contributed by atoms with Crippen LogP contribution in [0.1, 0.15) is 18.4 Å². The van der Waals surface area contributed by atoms with Gasteiger partial charge in [-0.05, 0) is 64.2 Å². The molecule has 0 saturated carbocycles. The van der Waals surface area contributed by atoms with Gasteiger partial charge in [0.2, 0.25) is 5.91 Å². The van der Waals surface area contributed by atoms with E-state index in [1.54, 1.807) is 18.2 Å². The molecule has 156 valence electrons. The van der Waals surface area contributed by atoms with Crippen molar-refractivity contribution in [1.29, 1.82) is 0 Å². The molecule has 1 saturated heterocycles. The zero-order valence-electron chi connectivity index (χ0n) is 16.6. The molecule has 29 heavy (non-hydrogen) atoms. The molecular formula is C21H26FN3O3S. The summed E-state index contributed by atoms with van der Waals surface area (Å²) in [6, 6.07) is 11.8. The van der Waals surface area contributed by atoms with E-state index in [4.69, 9.17) is 0 Å². The highest BCUT2D eigenvalue weighted by atomic mass is 32.2. The smallest absolute Gasteiger partial charge is 0.264 e. The molecule has 0 unspecified atom stereocenters. The van der Waals surface area contributed by atoms with Gasteiger partial charge in [0.1, 0.15) is 12.4 Å². The standard InChI is InChI=1S/C21H26FN3O3S/c1-16-7-9-18(10-8-16)29(27,28)25(20-6-4-3-5-19(20)22)15-21(26)23-17-11-13-24(2)14-12-17/h3-10,17H,11-15H2,1-2H3,(H,23,26). The third-order valence-corrected chi connectivity index (χ3v) is 6.87. The van der Waals surface area contributed by atoms with Crippen LogP contribution in [0.25, 0.3) is 0 Å². The Kier molecular flexibility index (Phi) is 6.54. The maximum Gasteiger partial charge on any atom is 0.264 e. The molecule has 1 heterocycles. The minimum Gasteiger partial charge on any atom is -0.352 e. The van der Waals surface area contributed by atoms with Crippen molar-refractivity contribution in [2.45, 2.75) is 30.7 Å². The second-order valence-corrected chi connectivity index (χ2v) is 9.28. The summed E-state index contributed by atoms with van der Waals surface area (Å²) in [5.41, 5.74) is 0.757. The van der Waals surface area contributed by atoms with Crippen molar-refractivity contribution in [2.75, 3.05) is 31.0 Å². The van der Waals surface area contributed by atoms with Crippen LogP contribution in [0, 0.1) is 12.7 Å². The fourth-order valence-electron chi connectivity index (χ4n) is 3.35. The Morgan fingerprint density at radius 3 is 2.38 bits per heavy atom. The fraction of sp³-hybridized carbons (Fsp3) is 0.381. The number of rotatable bonds is 6. The van der Waals surface area contributed by atoms with Crippen LogP contribution < -0.4 is 9.62 Å². The average Bonchev–Trinajstić information content (AvgIpc) is 2.69. The first-order valence-corrected chi connectivity index (χ1v) is 11.0. The van der Waals surface area contributed by atoms with Crippen molar-refractivity contribution in [3.05, 3.63) is 59.9 Å². The Morgan fingerprint density at radius 1 is 1.14 bits per heavy atom. The Labute approximate surface area is 171 Å². The molecule has 1 amide bonds. The van der Waals surface area contributed by atoms with Crippen LogP contribution in [0.5, 0.6) is 0 Å². The molecule has 0 bridgehead atoms. The molecular weight excluding hydrogens is 393 g/mol.